The Kier molecular flexibility index (Phi) is 5.62. The van der Waals surface area contributed by atoms with Crippen LogP contribution in [-0.2, 0) is 5.41 Å². The lowest BCUT2D eigenvalue weighted by molar-refractivity contribution is 0.810. The molecule has 0 saturated heterocycles. The van der Waals surface area contributed by atoms with E-state index in [9.17, 15) is 0 Å². The molecule has 0 N–H and O–H groups in total. The molecule has 5 rings (SSSR count). The van der Waals surface area contributed by atoms with E-state index >= 15 is 0 Å². The van der Waals surface area contributed by atoms with Crippen molar-refractivity contribution in [2.75, 3.05) is 0 Å². The highest BCUT2D eigenvalue weighted by Crippen LogP contribution is 2.40. The molecule has 0 bridgehead atoms. The van der Waals surface area contributed by atoms with E-state index < -0.39 is 5.41 Å². The molecule has 156 valence electrons. The Morgan fingerprint density at radius 1 is 0.364 bits per heavy atom. The zero-order valence-electron chi connectivity index (χ0n) is 18.4. The molecule has 0 aliphatic heterocycles. The smallest absolute Gasteiger partial charge is 0.106 e. The lowest BCUT2D eigenvalue weighted by Gasteiger charge is -2.31. The number of hydrogen-bond donors (Lipinski definition) is 0. The van der Waals surface area contributed by atoms with Crippen LogP contribution in [0.3, 0.4) is 0 Å². The first-order valence-corrected chi connectivity index (χ1v) is 11.2. The maximum absolute atomic E-state index is 6.35. The summed E-state index contributed by atoms with van der Waals surface area (Å²) in [4.78, 5) is 0. The second kappa shape index (κ2) is 9.03. The van der Waals surface area contributed by atoms with Crippen molar-refractivity contribution in [1.82, 2.24) is 0 Å². The van der Waals surface area contributed by atoms with E-state index in [-0.39, 0.29) is 0 Å². The fourth-order valence-electron chi connectivity index (χ4n) is 4.52. The molecule has 5 aromatic rings. The van der Waals surface area contributed by atoms with Gasteiger partial charge in [0.25, 0.3) is 0 Å². The lowest BCUT2D eigenvalue weighted by atomic mass is 9.70. The Bertz CT molecular complexity index is 1270. The van der Waals surface area contributed by atoms with Gasteiger partial charge in [-0.15, -0.1) is 6.42 Å². The Labute approximate surface area is 196 Å². The van der Waals surface area contributed by atoms with Gasteiger partial charge in [-0.1, -0.05) is 145 Å². The Hall–Kier alpha value is -4.34. The van der Waals surface area contributed by atoms with E-state index in [1.807, 2.05) is 18.2 Å². The van der Waals surface area contributed by atoms with Gasteiger partial charge in [-0.2, -0.15) is 0 Å². The van der Waals surface area contributed by atoms with E-state index in [4.69, 9.17) is 6.42 Å². The van der Waals surface area contributed by atoms with Crippen molar-refractivity contribution in [2.45, 2.75) is 5.41 Å². The summed E-state index contributed by atoms with van der Waals surface area (Å²) in [6, 6.07) is 48.5. The number of rotatable bonds is 5. The number of benzene rings is 5. The van der Waals surface area contributed by atoms with E-state index in [0.29, 0.717) is 0 Å². The molecule has 0 heteroatoms. The number of terminal acetylenes is 1. The Morgan fingerprint density at radius 3 is 1.03 bits per heavy atom. The highest BCUT2D eigenvalue weighted by Gasteiger charge is 2.34. The highest BCUT2D eigenvalue weighted by atomic mass is 14.3. The monoisotopic (exact) mass is 420 g/mol. The molecule has 0 saturated carbocycles. The van der Waals surface area contributed by atoms with Crippen molar-refractivity contribution in [2.24, 2.45) is 0 Å². The molecular weight excluding hydrogens is 396 g/mol. The summed E-state index contributed by atoms with van der Waals surface area (Å²) in [5.41, 5.74) is 7.34. The maximum Gasteiger partial charge on any atom is 0.106 e. The molecule has 33 heavy (non-hydrogen) atoms. The van der Waals surface area contributed by atoms with Gasteiger partial charge in [0.2, 0.25) is 0 Å². The quantitative estimate of drug-likeness (QED) is 0.200. The summed E-state index contributed by atoms with van der Waals surface area (Å²) in [5.74, 6) is 3.18. The van der Waals surface area contributed by atoms with Crippen molar-refractivity contribution < 1.29 is 0 Å². The summed E-state index contributed by atoms with van der Waals surface area (Å²) >= 11 is 0. The van der Waals surface area contributed by atoms with Gasteiger partial charge in [0.1, 0.15) is 5.41 Å². The van der Waals surface area contributed by atoms with E-state index in [1.54, 1.807) is 0 Å². The molecule has 0 atom stereocenters. The zero-order chi connectivity index (χ0) is 22.5. The largest absolute Gasteiger partial charge is 0.118 e. The molecule has 0 spiro atoms. The van der Waals surface area contributed by atoms with Crippen LogP contribution in [0, 0.1) is 12.3 Å². The Balaban J connectivity index is 1.63. The van der Waals surface area contributed by atoms with Crippen LogP contribution in [0.4, 0.5) is 0 Å². The van der Waals surface area contributed by atoms with Crippen molar-refractivity contribution in [1.29, 1.82) is 0 Å². The predicted octanol–water partition coefficient (Wildman–Crippen LogP) is 7.99. The average Bonchev–Trinajstić information content (AvgIpc) is 2.92. The Morgan fingerprint density at radius 2 is 0.667 bits per heavy atom. The first-order chi connectivity index (χ1) is 16.3. The minimum absolute atomic E-state index is 0.675. The average molecular weight is 421 g/mol. The van der Waals surface area contributed by atoms with Crippen molar-refractivity contribution in [3.8, 4) is 34.6 Å². The first-order valence-electron chi connectivity index (χ1n) is 11.2. The summed E-state index contributed by atoms with van der Waals surface area (Å²) in [7, 11) is 0. The third-order valence-electron chi connectivity index (χ3n) is 6.27. The van der Waals surface area contributed by atoms with Crippen LogP contribution < -0.4 is 0 Å². The second-order valence-corrected chi connectivity index (χ2v) is 8.15. The second-order valence-electron chi connectivity index (χ2n) is 8.15. The topological polar surface area (TPSA) is 0 Å². The first kappa shape index (κ1) is 20.6. The summed E-state index contributed by atoms with van der Waals surface area (Å²) < 4.78 is 0. The molecule has 0 amide bonds. The van der Waals surface area contributed by atoms with Crippen LogP contribution in [0.2, 0.25) is 0 Å². The van der Waals surface area contributed by atoms with Crippen LogP contribution in [0.1, 0.15) is 16.7 Å². The minimum atomic E-state index is -0.675. The molecule has 0 fully saturated rings. The SMILES string of the molecule is C#CC(c1ccccc1)(c1ccc(-c2ccccc2)cc1)c1ccc(-c2ccccc2)cc1. The van der Waals surface area contributed by atoms with Gasteiger partial charge >= 0.3 is 0 Å². The minimum Gasteiger partial charge on any atom is -0.118 e. The van der Waals surface area contributed by atoms with Crippen LogP contribution in [-0.4, -0.2) is 0 Å². The highest BCUT2D eigenvalue weighted by molar-refractivity contribution is 5.68. The van der Waals surface area contributed by atoms with E-state index in [1.165, 1.54) is 22.3 Å². The van der Waals surface area contributed by atoms with Gasteiger partial charge < -0.3 is 0 Å². The van der Waals surface area contributed by atoms with E-state index in [2.05, 4.69) is 127 Å². The molecular formula is C33H24. The molecule has 0 nitrogen and oxygen atoms in total. The lowest BCUT2D eigenvalue weighted by Crippen LogP contribution is -2.27. The molecule has 0 aliphatic carbocycles. The standard InChI is InChI=1S/C33H24/c1-2-33(30-16-10-5-11-17-30,31-22-18-28(19-23-31)26-12-6-3-7-13-26)32-24-20-29(21-25-32)27-14-8-4-9-15-27/h1,3-25H. The molecule has 0 aliphatic rings. The summed E-state index contributed by atoms with van der Waals surface area (Å²) in [6.07, 6.45) is 6.35. The summed E-state index contributed by atoms with van der Waals surface area (Å²) in [6.45, 7) is 0. The molecule has 0 heterocycles. The van der Waals surface area contributed by atoms with Crippen molar-refractivity contribution >= 4 is 0 Å². The van der Waals surface area contributed by atoms with Crippen LogP contribution in [0.15, 0.2) is 140 Å². The van der Waals surface area contributed by atoms with E-state index in [0.717, 1.165) is 16.7 Å². The van der Waals surface area contributed by atoms with Crippen LogP contribution in [0.5, 0.6) is 0 Å². The van der Waals surface area contributed by atoms with Gasteiger partial charge in [-0.25, -0.2) is 0 Å². The third kappa shape index (κ3) is 3.86. The van der Waals surface area contributed by atoms with Crippen LogP contribution >= 0.6 is 0 Å². The van der Waals surface area contributed by atoms with Gasteiger partial charge in [-0.05, 0) is 38.9 Å². The van der Waals surface area contributed by atoms with Gasteiger partial charge in [-0.3, -0.25) is 0 Å². The van der Waals surface area contributed by atoms with Crippen molar-refractivity contribution in [3.05, 3.63) is 156 Å². The molecule has 5 aromatic carbocycles. The predicted molar refractivity (Wildman–Crippen MR) is 139 cm³/mol. The molecule has 0 unspecified atom stereocenters. The summed E-state index contributed by atoms with van der Waals surface area (Å²) in [5, 5.41) is 0. The normalized spacial score (nSPS) is 11.0. The van der Waals surface area contributed by atoms with Gasteiger partial charge in [0.15, 0.2) is 0 Å². The maximum atomic E-state index is 6.35. The van der Waals surface area contributed by atoms with Crippen molar-refractivity contribution in [3.63, 3.8) is 0 Å². The number of hydrogen-bond acceptors (Lipinski definition) is 0. The zero-order valence-corrected chi connectivity index (χ0v) is 18.4. The fraction of sp³-hybridized carbons (Fsp3) is 0.0303. The molecule has 0 radical (unpaired) electrons. The molecule has 0 aromatic heterocycles. The van der Waals surface area contributed by atoms with Gasteiger partial charge in [0.05, 0.1) is 0 Å². The fourth-order valence-corrected chi connectivity index (χ4v) is 4.52. The van der Waals surface area contributed by atoms with Gasteiger partial charge in [0, 0.05) is 0 Å². The third-order valence-corrected chi connectivity index (χ3v) is 6.27. The van der Waals surface area contributed by atoms with Crippen LogP contribution in [0.25, 0.3) is 22.3 Å².